The molecule has 4 rings (SSSR count). The quantitative estimate of drug-likeness (QED) is 0.555. The van der Waals surface area contributed by atoms with Gasteiger partial charge in [-0.2, -0.15) is 0 Å². The SMILES string of the molecule is O=C(O)[C@@H]1C[C@@H](OC/C=C/c2ccccc2)CN1C(=O)C(c1ccccc1)c1ccccc1. The average molecular weight is 442 g/mol. The first-order valence-electron chi connectivity index (χ1n) is 11.1. The highest BCUT2D eigenvalue weighted by atomic mass is 16.5. The zero-order valence-corrected chi connectivity index (χ0v) is 18.3. The van der Waals surface area contributed by atoms with Crippen LogP contribution in [0.2, 0.25) is 0 Å². The van der Waals surface area contributed by atoms with Crippen LogP contribution in [0.25, 0.3) is 6.08 Å². The van der Waals surface area contributed by atoms with Gasteiger partial charge in [-0.3, -0.25) is 4.79 Å². The molecule has 1 heterocycles. The Morgan fingerprint density at radius 1 is 0.909 bits per heavy atom. The molecular weight excluding hydrogens is 414 g/mol. The lowest BCUT2D eigenvalue weighted by molar-refractivity contribution is -0.148. The van der Waals surface area contributed by atoms with Crippen molar-refractivity contribution in [1.82, 2.24) is 4.90 Å². The molecule has 1 amide bonds. The number of aliphatic carboxylic acids is 1. The highest BCUT2D eigenvalue weighted by Crippen LogP contribution is 2.31. The second-order valence-electron chi connectivity index (χ2n) is 8.10. The van der Waals surface area contributed by atoms with Crippen LogP contribution >= 0.6 is 0 Å². The standard InChI is InChI=1S/C28H27NO4/c30-27(26(22-14-6-2-7-15-22)23-16-8-3-9-17-23)29-20-24(19-25(29)28(31)32)33-18-10-13-21-11-4-1-5-12-21/h1-17,24-26H,18-20H2,(H,31,32)/b13-10+/t24-,25+/m1/s1. The number of nitrogens with zero attached hydrogens (tertiary/aromatic N) is 1. The van der Waals surface area contributed by atoms with Crippen molar-refractivity contribution >= 4 is 18.0 Å². The minimum atomic E-state index is -1.01. The van der Waals surface area contributed by atoms with Crippen molar-refractivity contribution in [3.63, 3.8) is 0 Å². The van der Waals surface area contributed by atoms with Crippen LogP contribution in [0.5, 0.6) is 0 Å². The Hall–Kier alpha value is -3.70. The highest BCUT2D eigenvalue weighted by molar-refractivity contribution is 5.91. The minimum absolute atomic E-state index is 0.217. The Bertz CT molecular complexity index is 1040. The van der Waals surface area contributed by atoms with Crippen LogP contribution in [0.4, 0.5) is 0 Å². The molecule has 0 radical (unpaired) electrons. The van der Waals surface area contributed by atoms with E-state index < -0.39 is 17.9 Å². The van der Waals surface area contributed by atoms with E-state index in [1.165, 1.54) is 4.90 Å². The molecule has 0 unspecified atom stereocenters. The largest absolute Gasteiger partial charge is 0.480 e. The Labute approximate surface area is 193 Å². The molecule has 3 aromatic rings. The predicted octanol–water partition coefficient (Wildman–Crippen LogP) is 4.60. The molecule has 1 aliphatic heterocycles. The highest BCUT2D eigenvalue weighted by Gasteiger charge is 2.42. The Kier molecular flexibility index (Phi) is 7.33. The summed E-state index contributed by atoms with van der Waals surface area (Å²) >= 11 is 0. The third-order valence-electron chi connectivity index (χ3n) is 5.88. The number of likely N-dealkylation sites (tertiary alicyclic amines) is 1. The van der Waals surface area contributed by atoms with E-state index in [0.717, 1.165) is 16.7 Å². The lowest BCUT2D eigenvalue weighted by Gasteiger charge is -2.27. The molecule has 0 spiro atoms. The molecule has 5 nitrogen and oxygen atoms in total. The summed E-state index contributed by atoms with van der Waals surface area (Å²) in [5.74, 6) is -1.79. The van der Waals surface area contributed by atoms with Gasteiger partial charge in [0.1, 0.15) is 6.04 Å². The molecule has 0 bridgehead atoms. The van der Waals surface area contributed by atoms with Gasteiger partial charge >= 0.3 is 5.97 Å². The van der Waals surface area contributed by atoms with E-state index >= 15 is 0 Å². The summed E-state index contributed by atoms with van der Waals surface area (Å²) in [5, 5.41) is 9.83. The normalized spacial score (nSPS) is 18.2. The van der Waals surface area contributed by atoms with E-state index in [4.69, 9.17) is 4.74 Å². The van der Waals surface area contributed by atoms with E-state index in [-0.39, 0.29) is 25.0 Å². The van der Waals surface area contributed by atoms with Crippen molar-refractivity contribution in [1.29, 1.82) is 0 Å². The molecule has 0 aromatic heterocycles. The predicted molar refractivity (Wildman–Crippen MR) is 128 cm³/mol. The third kappa shape index (κ3) is 5.57. The van der Waals surface area contributed by atoms with Gasteiger partial charge in [0.05, 0.1) is 18.6 Å². The summed E-state index contributed by atoms with van der Waals surface area (Å²) in [4.78, 5) is 27.2. The number of carboxylic acids is 1. The average Bonchev–Trinajstić information content (AvgIpc) is 3.29. The van der Waals surface area contributed by atoms with Gasteiger partial charge in [0, 0.05) is 13.0 Å². The summed E-state index contributed by atoms with van der Waals surface area (Å²) in [5.41, 5.74) is 2.75. The first-order chi connectivity index (χ1) is 16.1. The van der Waals surface area contributed by atoms with E-state index in [0.29, 0.717) is 6.61 Å². The maximum absolute atomic E-state index is 13.7. The molecule has 1 fully saturated rings. The van der Waals surface area contributed by atoms with Crippen molar-refractivity contribution in [3.8, 4) is 0 Å². The second-order valence-corrected chi connectivity index (χ2v) is 8.10. The monoisotopic (exact) mass is 441 g/mol. The van der Waals surface area contributed by atoms with Crippen molar-refractivity contribution in [2.75, 3.05) is 13.2 Å². The number of ether oxygens (including phenoxy) is 1. The van der Waals surface area contributed by atoms with Gasteiger partial charge in [0.15, 0.2) is 0 Å². The van der Waals surface area contributed by atoms with Gasteiger partial charge in [-0.05, 0) is 16.7 Å². The summed E-state index contributed by atoms with van der Waals surface area (Å²) < 4.78 is 5.93. The zero-order chi connectivity index (χ0) is 23.0. The van der Waals surface area contributed by atoms with Crippen molar-refractivity contribution in [2.45, 2.75) is 24.5 Å². The summed E-state index contributed by atoms with van der Waals surface area (Å²) in [6.07, 6.45) is 3.82. The van der Waals surface area contributed by atoms with Crippen LogP contribution in [-0.2, 0) is 14.3 Å². The summed E-state index contributed by atoms with van der Waals surface area (Å²) in [7, 11) is 0. The van der Waals surface area contributed by atoms with Crippen LogP contribution in [0.15, 0.2) is 97.1 Å². The molecule has 168 valence electrons. The molecular formula is C28H27NO4. The molecule has 1 aliphatic rings. The number of carboxylic acid groups (broad SMARTS) is 1. The molecule has 2 atom stereocenters. The fourth-order valence-corrected chi connectivity index (χ4v) is 4.27. The Morgan fingerprint density at radius 3 is 2.00 bits per heavy atom. The molecule has 0 saturated carbocycles. The van der Waals surface area contributed by atoms with Gasteiger partial charge in [0.2, 0.25) is 5.91 Å². The fraction of sp³-hybridized carbons (Fsp3) is 0.214. The smallest absolute Gasteiger partial charge is 0.326 e. The summed E-state index contributed by atoms with van der Waals surface area (Å²) in [6.45, 7) is 0.611. The summed E-state index contributed by atoms with van der Waals surface area (Å²) in [6, 6.07) is 28.0. The zero-order valence-electron chi connectivity index (χ0n) is 18.3. The maximum Gasteiger partial charge on any atom is 0.326 e. The number of hydrogen-bond acceptors (Lipinski definition) is 3. The van der Waals surface area contributed by atoms with Gasteiger partial charge in [-0.1, -0.05) is 103 Å². The van der Waals surface area contributed by atoms with Gasteiger partial charge in [-0.25, -0.2) is 4.79 Å². The van der Waals surface area contributed by atoms with E-state index in [1.807, 2.05) is 103 Å². The molecule has 0 aliphatic carbocycles. The number of amides is 1. The lowest BCUT2D eigenvalue weighted by atomic mass is 9.90. The van der Waals surface area contributed by atoms with E-state index in [9.17, 15) is 14.7 Å². The molecule has 1 saturated heterocycles. The molecule has 1 N–H and O–H groups in total. The van der Waals surface area contributed by atoms with E-state index in [2.05, 4.69) is 0 Å². The van der Waals surface area contributed by atoms with E-state index in [1.54, 1.807) is 0 Å². The van der Waals surface area contributed by atoms with Crippen LogP contribution < -0.4 is 0 Å². The van der Waals surface area contributed by atoms with Crippen molar-refractivity contribution < 1.29 is 19.4 Å². The fourth-order valence-electron chi connectivity index (χ4n) is 4.27. The number of rotatable bonds is 8. The maximum atomic E-state index is 13.7. The number of benzene rings is 3. The molecule has 33 heavy (non-hydrogen) atoms. The van der Waals surface area contributed by atoms with Crippen LogP contribution in [-0.4, -0.2) is 47.2 Å². The van der Waals surface area contributed by atoms with Crippen LogP contribution in [0.3, 0.4) is 0 Å². The van der Waals surface area contributed by atoms with Crippen LogP contribution in [0, 0.1) is 0 Å². The minimum Gasteiger partial charge on any atom is -0.480 e. The van der Waals surface area contributed by atoms with Gasteiger partial charge in [0.25, 0.3) is 0 Å². The number of carbonyl (C=O) groups is 2. The molecule has 3 aromatic carbocycles. The first kappa shape index (κ1) is 22.5. The third-order valence-corrected chi connectivity index (χ3v) is 5.88. The van der Waals surface area contributed by atoms with Gasteiger partial charge in [-0.15, -0.1) is 0 Å². The Balaban J connectivity index is 1.50. The lowest BCUT2D eigenvalue weighted by Crippen LogP contribution is -2.43. The number of hydrogen-bond donors (Lipinski definition) is 1. The van der Waals surface area contributed by atoms with Gasteiger partial charge < -0.3 is 14.7 Å². The van der Waals surface area contributed by atoms with Crippen LogP contribution in [0.1, 0.15) is 29.0 Å². The number of carbonyl (C=O) groups excluding carboxylic acids is 1. The topological polar surface area (TPSA) is 66.8 Å². The molecule has 5 heteroatoms. The van der Waals surface area contributed by atoms with Crippen molar-refractivity contribution in [3.05, 3.63) is 114 Å². The Morgan fingerprint density at radius 2 is 1.45 bits per heavy atom. The first-order valence-corrected chi connectivity index (χ1v) is 11.1. The van der Waals surface area contributed by atoms with Crippen molar-refractivity contribution in [2.24, 2.45) is 0 Å². The second kappa shape index (κ2) is 10.7.